The Kier molecular flexibility index (Phi) is 5.14. The van der Waals surface area contributed by atoms with Gasteiger partial charge in [0.05, 0.1) is 13.2 Å². The summed E-state index contributed by atoms with van der Waals surface area (Å²) in [6, 6.07) is 8.67. The second-order valence-electron chi connectivity index (χ2n) is 8.56. The number of aromatic nitrogens is 2. The van der Waals surface area contributed by atoms with Crippen molar-refractivity contribution in [2.24, 2.45) is 0 Å². The summed E-state index contributed by atoms with van der Waals surface area (Å²) in [6.07, 6.45) is 4.67. The van der Waals surface area contributed by atoms with Crippen LogP contribution in [-0.4, -0.2) is 65.5 Å². The number of carbonyl (C=O) groups is 1. The standard InChI is InChI=1S/C24H27FN4O2/c1-28-10-8-21(24(28)30)29-11-6-15(7-12-29)20-14-19-17(5-9-26-23(19)27-20)18-13-16(25)3-4-22(18)31-2/h3-5,9,13-15,21H,6-8,10-12H2,1-2H3,(H,26,27). The fourth-order valence-corrected chi connectivity index (χ4v) is 5.06. The molecule has 162 valence electrons. The van der Waals surface area contributed by atoms with E-state index in [4.69, 9.17) is 4.74 Å². The van der Waals surface area contributed by atoms with E-state index < -0.39 is 0 Å². The zero-order valence-electron chi connectivity index (χ0n) is 17.9. The van der Waals surface area contributed by atoms with Gasteiger partial charge in [0.1, 0.15) is 17.2 Å². The number of hydrogen-bond donors (Lipinski definition) is 1. The molecule has 2 saturated heterocycles. The Labute approximate surface area is 181 Å². The number of piperidine rings is 1. The molecule has 1 N–H and O–H groups in total. The first kappa shape index (κ1) is 20.0. The van der Waals surface area contributed by atoms with Gasteiger partial charge in [-0.1, -0.05) is 0 Å². The van der Waals surface area contributed by atoms with Crippen LogP contribution in [0.25, 0.3) is 22.2 Å². The molecule has 2 aliphatic heterocycles. The number of aromatic amines is 1. The van der Waals surface area contributed by atoms with Crippen molar-refractivity contribution in [2.45, 2.75) is 31.2 Å². The Balaban J connectivity index is 1.40. The number of rotatable bonds is 4. The van der Waals surface area contributed by atoms with Crippen LogP contribution in [0.1, 0.15) is 30.9 Å². The van der Waals surface area contributed by atoms with Crippen molar-refractivity contribution >= 4 is 16.9 Å². The summed E-state index contributed by atoms with van der Waals surface area (Å²) >= 11 is 0. The van der Waals surface area contributed by atoms with Crippen molar-refractivity contribution in [2.75, 3.05) is 33.8 Å². The molecule has 5 rings (SSSR count). The van der Waals surface area contributed by atoms with Gasteiger partial charge in [-0.2, -0.15) is 0 Å². The third-order valence-electron chi connectivity index (χ3n) is 6.81. The fraction of sp³-hybridized carbons (Fsp3) is 0.417. The van der Waals surface area contributed by atoms with E-state index in [1.165, 1.54) is 12.1 Å². The first-order chi connectivity index (χ1) is 15.0. The van der Waals surface area contributed by atoms with Crippen molar-refractivity contribution in [3.8, 4) is 16.9 Å². The number of pyridine rings is 1. The summed E-state index contributed by atoms with van der Waals surface area (Å²) in [7, 11) is 3.48. The Bertz CT molecular complexity index is 1120. The minimum absolute atomic E-state index is 0.0439. The summed E-state index contributed by atoms with van der Waals surface area (Å²) < 4.78 is 19.4. The number of fused-ring (bicyclic) bond motifs is 1. The van der Waals surface area contributed by atoms with Crippen molar-refractivity contribution < 1.29 is 13.9 Å². The number of amides is 1. The number of carbonyl (C=O) groups excluding carboxylic acids is 1. The van der Waals surface area contributed by atoms with Crippen LogP contribution in [0.4, 0.5) is 4.39 Å². The van der Waals surface area contributed by atoms with Gasteiger partial charge >= 0.3 is 0 Å². The summed E-state index contributed by atoms with van der Waals surface area (Å²) in [6.45, 7) is 2.69. The molecule has 0 saturated carbocycles. The summed E-state index contributed by atoms with van der Waals surface area (Å²) in [5, 5.41) is 0.969. The van der Waals surface area contributed by atoms with E-state index in [2.05, 4.69) is 20.9 Å². The molecule has 2 fully saturated rings. The predicted octanol–water partition coefficient (Wildman–Crippen LogP) is 3.79. The van der Waals surface area contributed by atoms with Crippen LogP contribution in [-0.2, 0) is 4.79 Å². The monoisotopic (exact) mass is 422 g/mol. The number of likely N-dealkylation sites (N-methyl/N-ethyl adjacent to an activating group) is 1. The molecule has 0 radical (unpaired) electrons. The Hall–Kier alpha value is -2.93. The van der Waals surface area contributed by atoms with E-state index in [-0.39, 0.29) is 17.8 Å². The summed E-state index contributed by atoms with van der Waals surface area (Å²) in [5.74, 6) is 0.982. The lowest BCUT2D eigenvalue weighted by molar-refractivity contribution is -0.131. The van der Waals surface area contributed by atoms with Gasteiger partial charge in [0.15, 0.2) is 0 Å². The van der Waals surface area contributed by atoms with Crippen molar-refractivity contribution in [1.82, 2.24) is 19.8 Å². The average Bonchev–Trinajstić information content (AvgIpc) is 3.37. The van der Waals surface area contributed by atoms with E-state index in [0.717, 1.165) is 66.8 Å². The number of nitrogens with zero attached hydrogens (tertiary/aromatic N) is 3. The normalized spacial score (nSPS) is 20.7. The van der Waals surface area contributed by atoms with Crippen LogP contribution in [0.15, 0.2) is 36.5 Å². The van der Waals surface area contributed by atoms with Crippen LogP contribution in [0.3, 0.4) is 0 Å². The second kappa shape index (κ2) is 7.96. The number of ether oxygens (including phenoxy) is 1. The number of hydrogen-bond acceptors (Lipinski definition) is 4. The number of halogens is 1. The average molecular weight is 423 g/mol. The van der Waals surface area contributed by atoms with Gasteiger partial charge in [-0.05, 0) is 68.2 Å². The molecule has 2 aromatic heterocycles. The van der Waals surface area contributed by atoms with Crippen molar-refractivity contribution in [1.29, 1.82) is 0 Å². The molecule has 1 aromatic carbocycles. The topological polar surface area (TPSA) is 61.5 Å². The first-order valence-electron chi connectivity index (χ1n) is 10.9. The molecule has 0 aliphatic carbocycles. The SMILES string of the molecule is COc1ccc(F)cc1-c1ccnc2[nH]c(C3CCN(C4CCN(C)C4=O)CC3)cc12. The van der Waals surface area contributed by atoms with E-state index in [1.54, 1.807) is 19.4 Å². The molecule has 1 atom stereocenters. The van der Waals surface area contributed by atoms with Crippen LogP contribution in [0.5, 0.6) is 5.75 Å². The first-order valence-corrected chi connectivity index (χ1v) is 10.9. The molecule has 2 aliphatic rings. The van der Waals surface area contributed by atoms with Crippen molar-refractivity contribution in [3.63, 3.8) is 0 Å². The van der Waals surface area contributed by atoms with Gasteiger partial charge in [-0.3, -0.25) is 9.69 Å². The summed E-state index contributed by atoms with van der Waals surface area (Å²) in [5.41, 5.74) is 3.58. The minimum Gasteiger partial charge on any atom is -0.496 e. The maximum absolute atomic E-state index is 14.0. The molecular weight excluding hydrogens is 395 g/mol. The smallest absolute Gasteiger partial charge is 0.239 e. The number of likely N-dealkylation sites (tertiary alicyclic amines) is 2. The number of H-pyrrole nitrogens is 1. The second-order valence-corrected chi connectivity index (χ2v) is 8.56. The largest absolute Gasteiger partial charge is 0.496 e. The lowest BCUT2D eigenvalue weighted by Gasteiger charge is -2.34. The molecular formula is C24H27FN4O2. The lowest BCUT2D eigenvalue weighted by atomic mass is 9.92. The molecule has 0 bridgehead atoms. The highest BCUT2D eigenvalue weighted by molar-refractivity contribution is 5.95. The molecule has 31 heavy (non-hydrogen) atoms. The van der Waals surface area contributed by atoms with Gasteiger partial charge in [-0.15, -0.1) is 0 Å². The quantitative estimate of drug-likeness (QED) is 0.695. The van der Waals surface area contributed by atoms with E-state index in [9.17, 15) is 9.18 Å². The van der Waals surface area contributed by atoms with Crippen molar-refractivity contribution in [3.05, 3.63) is 48.0 Å². The summed E-state index contributed by atoms with van der Waals surface area (Å²) in [4.78, 5) is 24.5. The maximum atomic E-state index is 14.0. The molecule has 1 unspecified atom stereocenters. The molecule has 4 heterocycles. The van der Waals surface area contributed by atoms with Crippen LogP contribution >= 0.6 is 0 Å². The number of nitrogens with one attached hydrogen (secondary N) is 1. The molecule has 1 amide bonds. The molecule has 7 heteroatoms. The minimum atomic E-state index is -0.295. The highest BCUT2D eigenvalue weighted by atomic mass is 19.1. The van der Waals surface area contributed by atoms with Gasteiger partial charge in [0, 0.05) is 42.4 Å². The number of methoxy groups -OCH3 is 1. The Morgan fingerprint density at radius 1 is 1.10 bits per heavy atom. The number of benzene rings is 1. The highest BCUT2D eigenvalue weighted by Crippen LogP contribution is 2.38. The van der Waals surface area contributed by atoms with Gasteiger partial charge in [0.2, 0.25) is 5.91 Å². The Morgan fingerprint density at radius 2 is 1.90 bits per heavy atom. The lowest BCUT2D eigenvalue weighted by Crippen LogP contribution is -2.45. The van der Waals surface area contributed by atoms with E-state index in [0.29, 0.717) is 11.7 Å². The predicted molar refractivity (Wildman–Crippen MR) is 118 cm³/mol. The Morgan fingerprint density at radius 3 is 2.61 bits per heavy atom. The van der Waals surface area contributed by atoms with Gasteiger partial charge in [-0.25, -0.2) is 9.37 Å². The van der Waals surface area contributed by atoms with Gasteiger partial charge < -0.3 is 14.6 Å². The fourth-order valence-electron chi connectivity index (χ4n) is 5.06. The zero-order chi connectivity index (χ0) is 21.5. The van der Waals surface area contributed by atoms with Crippen LogP contribution in [0, 0.1) is 5.82 Å². The molecule has 6 nitrogen and oxygen atoms in total. The molecule has 0 spiro atoms. The highest BCUT2D eigenvalue weighted by Gasteiger charge is 2.36. The third kappa shape index (κ3) is 3.57. The molecule has 3 aromatic rings. The van der Waals surface area contributed by atoms with Gasteiger partial charge in [0.25, 0.3) is 0 Å². The van der Waals surface area contributed by atoms with Crippen LogP contribution < -0.4 is 4.74 Å². The maximum Gasteiger partial charge on any atom is 0.239 e. The van der Waals surface area contributed by atoms with E-state index in [1.807, 2.05) is 18.0 Å². The van der Waals surface area contributed by atoms with Crippen LogP contribution in [0.2, 0.25) is 0 Å². The zero-order valence-corrected chi connectivity index (χ0v) is 17.9. The third-order valence-corrected chi connectivity index (χ3v) is 6.81. The van der Waals surface area contributed by atoms with E-state index >= 15 is 0 Å².